The highest BCUT2D eigenvalue weighted by atomic mass is 16.6. The maximum atomic E-state index is 12.5. The molecule has 35 heavy (non-hydrogen) atoms. The largest absolute Gasteiger partial charge is 0.484 e. The van der Waals surface area contributed by atoms with Gasteiger partial charge in [0.05, 0.1) is 32.0 Å². The lowest BCUT2D eigenvalue weighted by molar-refractivity contribution is -0.183. The van der Waals surface area contributed by atoms with Gasteiger partial charge in [-0.05, 0) is 12.1 Å². The van der Waals surface area contributed by atoms with E-state index in [1.54, 1.807) is 28.8 Å². The van der Waals surface area contributed by atoms with Crippen molar-refractivity contribution in [3.63, 3.8) is 0 Å². The minimum Gasteiger partial charge on any atom is -0.484 e. The second-order valence-electron chi connectivity index (χ2n) is 8.38. The fourth-order valence-corrected chi connectivity index (χ4v) is 4.29. The van der Waals surface area contributed by atoms with Gasteiger partial charge in [-0.1, -0.05) is 25.1 Å². The van der Waals surface area contributed by atoms with Gasteiger partial charge >= 0.3 is 0 Å². The van der Waals surface area contributed by atoms with Crippen molar-refractivity contribution in [2.75, 3.05) is 31.7 Å². The molecular weight excluding hydrogens is 456 g/mol. The second kappa shape index (κ2) is 9.46. The maximum Gasteiger partial charge on any atom is 0.264 e. The molecule has 0 saturated carbocycles. The number of ether oxygens (including phenoxy) is 4. The zero-order valence-corrected chi connectivity index (χ0v) is 19.0. The van der Waals surface area contributed by atoms with Gasteiger partial charge in [0.25, 0.3) is 5.91 Å². The summed E-state index contributed by atoms with van der Waals surface area (Å²) in [5.41, 5.74) is -0.0945. The molecule has 2 bridgehead atoms. The third-order valence-electron chi connectivity index (χ3n) is 6.23. The van der Waals surface area contributed by atoms with Gasteiger partial charge in [0.15, 0.2) is 24.0 Å². The number of aromatic nitrogens is 4. The summed E-state index contributed by atoms with van der Waals surface area (Å²) in [6.07, 6.45) is 0.793. The lowest BCUT2D eigenvalue weighted by Crippen LogP contribution is -2.40. The van der Waals surface area contributed by atoms with Gasteiger partial charge in [-0.3, -0.25) is 14.7 Å². The average Bonchev–Trinajstić information content (AvgIpc) is 3.53. The molecule has 0 spiro atoms. The van der Waals surface area contributed by atoms with Crippen LogP contribution in [0, 0.1) is 17.2 Å². The predicted molar refractivity (Wildman–Crippen MR) is 120 cm³/mol. The quantitative estimate of drug-likeness (QED) is 0.430. The Morgan fingerprint density at radius 2 is 2.17 bits per heavy atom. The summed E-state index contributed by atoms with van der Waals surface area (Å²) >= 11 is 0. The molecule has 5 rings (SSSR count). The zero-order valence-electron chi connectivity index (χ0n) is 19.0. The monoisotopic (exact) mass is 480 g/mol. The number of para-hydroxylation sites is 1. The molecule has 4 atom stereocenters. The number of aliphatic hydroxyl groups is 1. The Bertz CT molecular complexity index is 1260. The van der Waals surface area contributed by atoms with Crippen LogP contribution in [0.5, 0.6) is 11.6 Å². The Morgan fingerprint density at radius 1 is 1.34 bits per heavy atom. The molecule has 0 radical (unpaired) electrons. The number of rotatable bonds is 9. The lowest BCUT2D eigenvalue weighted by atomic mass is 9.91. The van der Waals surface area contributed by atoms with Crippen molar-refractivity contribution in [1.29, 1.82) is 5.26 Å². The number of carbonyl (C=O) groups is 1. The SMILES string of the molecule is CC1[C@@H]2OC[C@]1(CO)O[C@H]2n1cnc2c(OCCC#N)nc(NC(=O)COc3ccccc3)nc21. The fourth-order valence-electron chi connectivity index (χ4n) is 4.29. The summed E-state index contributed by atoms with van der Waals surface area (Å²) in [6, 6.07) is 11.0. The molecule has 12 heteroatoms. The second-order valence-corrected chi connectivity index (χ2v) is 8.38. The predicted octanol–water partition coefficient (Wildman–Crippen LogP) is 1.43. The number of anilines is 1. The van der Waals surface area contributed by atoms with Crippen molar-refractivity contribution in [1.82, 2.24) is 19.5 Å². The Balaban J connectivity index is 1.42. The first kappa shape index (κ1) is 23.0. The first-order valence-electron chi connectivity index (χ1n) is 11.2. The van der Waals surface area contributed by atoms with E-state index in [4.69, 9.17) is 24.2 Å². The van der Waals surface area contributed by atoms with E-state index in [-0.39, 0.29) is 50.1 Å². The van der Waals surface area contributed by atoms with Crippen LogP contribution in [0.1, 0.15) is 19.6 Å². The molecule has 2 aliphatic rings. The van der Waals surface area contributed by atoms with Crippen LogP contribution in [0.2, 0.25) is 0 Å². The number of nitrogens with one attached hydrogen (secondary N) is 1. The van der Waals surface area contributed by atoms with E-state index in [0.717, 1.165) is 0 Å². The molecule has 4 heterocycles. The fraction of sp³-hybridized carbons (Fsp3) is 0.435. The van der Waals surface area contributed by atoms with Gasteiger partial charge in [0, 0.05) is 5.92 Å². The summed E-state index contributed by atoms with van der Waals surface area (Å²) in [4.78, 5) is 25.7. The van der Waals surface area contributed by atoms with Crippen LogP contribution in [-0.2, 0) is 14.3 Å². The topological polar surface area (TPSA) is 154 Å². The number of fused-ring (bicyclic) bond motifs is 3. The molecule has 2 N–H and O–H groups in total. The molecule has 12 nitrogen and oxygen atoms in total. The first-order chi connectivity index (χ1) is 17.0. The van der Waals surface area contributed by atoms with Gasteiger partial charge < -0.3 is 24.1 Å². The van der Waals surface area contributed by atoms with Crippen molar-refractivity contribution >= 4 is 23.0 Å². The van der Waals surface area contributed by atoms with E-state index in [2.05, 4.69) is 20.3 Å². The summed E-state index contributed by atoms with van der Waals surface area (Å²) in [6.45, 7) is 1.95. The lowest BCUT2D eigenvalue weighted by Gasteiger charge is -2.30. The van der Waals surface area contributed by atoms with Crippen LogP contribution in [0.15, 0.2) is 36.7 Å². The first-order valence-corrected chi connectivity index (χ1v) is 11.2. The van der Waals surface area contributed by atoms with E-state index < -0.39 is 17.7 Å². The van der Waals surface area contributed by atoms with Crippen LogP contribution in [0.25, 0.3) is 11.2 Å². The highest BCUT2D eigenvalue weighted by Crippen LogP contribution is 2.49. The number of aliphatic hydroxyl groups excluding tert-OH is 1. The van der Waals surface area contributed by atoms with Crippen LogP contribution < -0.4 is 14.8 Å². The number of imidazole rings is 1. The molecular formula is C23H24N6O6. The van der Waals surface area contributed by atoms with Crippen LogP contribution in [-0.4, -0.2) is 68.7 Å². The summed E-state index contributed by atoms with van der Waals surface area (Å²) in [5, 5.41) is 21.4. The van der Waals surface area contributed by atoms with E-state index in [1.165, 1.54) is 6.33 Å². The van der Waals surface area contributed by atoms with Gasteiger partial charge in [-0.2, -0.15) is 15.2 Å². The summed E-state index contributed by atoms with van der Waals surface area (Å²) in [7, 11) is 0. The molecule has 2 aliphatic heterocycles. The minimum atomic E-state index is -0.795. The van der Waals surface area contributed by atoms with E-state index in [0.29, 0.717) is 23.5 Å². The molecule has 182 valence electrons. The van der Waals surface area contributed by atoms with Gasteiger partial charge in [0.1, 0.15) is 24.1 Å². The molecule has 3 aromatic rings. The van der Waals surface area contributed by atoms with Crippen molar-refractivity contribution in [3.8, 4) is 17.7 Å². The standard InChI is InChI=1S/C23H24N6O6/c1-14-18-21(35-23(14,11-30)12-34-18)29-13-25-17-19(29)27-22(28-20(17)32-9-5-8-24)26-16(31)10-33-15-6-3-2-4-7-15/h2-4,6-7,13-14,18,21,30H,5,9-12H2,1H3,(H,26,27,28,31)/t14?,18-,21+,23-/m0/s1. The van der Waals surface area contributed by atoms with E-state index >= 15 is 0 Å². The molecule has 1 aromatic carbocycles. The smallest absolute Gasteiger partial charge is 0.264 e. The molecule has 1 amide bonds. The molecule has 1 unspecified atom stereocenters. The maximum absolute atomic E-state index is 12.5. The number of amides is 1. The average molecular weight is 480 g/mol. The number of carbonyl (C=O) groups excluding carboxylic acids is 1. The van der Waals surface area contributed by atoms with E-state index in [9.17, 15) is 9.90 Å². The summed E-state index contributed by atoms with van der Waals surface area (Å²) < 4.78 is 24.9. The van der Waals surface area contributed by atoms with Crippen LogP contribution in [0.4, 0.5) is 5.95 Å². The number of hydrogen-bond donors (Lipinski definition) is 2. The third kappa shape index (κ3) is 4.25. The van der Waals surface area contributed by atoms with Crippen molar-refractivity contribution in [2.24, 2.45) is 5.92 Å². The highest BCUT2D eigenvalue weighted by Gasteiger charge is 2.59. The Hall–Kier alpha value is -3.79. The van der Waals surface area contributed by atoms with Gasteiger partial charge in [0.2, 0.25) is 11.8 Å². The van der Waals surface area contributed by atoms with Gasteiger partial charge in [-0.15, -0.1) is 0 Å². The zero-order chi connectivity index (χ0) is 24.4. The normalized spacial score (nSPS) is 24.9. The Kier molecular flexibility index (Phi) is 6.21. The number of nitrogens with zero attached hydrogens (tertiary/aromatic N) is 5. The Morgan fingerprint density at radius 3 is 2.91 bits per heavy atom. The van der Waals surface area contributed by atoms with Crippen molar-refractivity contribution < 1.29 is 28.8 Å². The molecule has 2 saturated heterocycles. The van der Waals surface area contributed by atoms with Gasteiger partial charge in [-0.25, -0.2) is 4.98 Å². The number of hydrogen-bond acceptors (Lipinski definition) is 10. The minimum absolute atomic E-state index is 0.0122. The number of nitriles is 1. The third-order valence-corrected chi connectivity index (χ3v) is 6.23. The molecule has 2 aromatic heterocycles. The van der Waals surface area contributed by atoms with Crippen molar-refractivity contribution in [3.05, 3.63) is 36.7 Å². The van der Waals surface area contributed by atoms with Crippen LogP contribution in [0.3, 0.4) is 0 Å². The highest BCUT2D eigenvalue weighted by molar-refractivity contribution is 5.91. The Labute approximate surface area is 200 Å². The summed E-state index contributed by atoms with van der Waals surface area (Å²) in [5.74, 6) is 0.157. The molecule has 0 aliphatic carbocycles. The van der Waals surface area contributed by atoms with Crippen LogP contribution >= 0.6 is 0 Å². The van der Waals surface area contributed by atoms with Crippen molar-refractivity contribution in [2.45, 2.75) is 31.3 Å². The van der Waals surface area contributed by atoms with E-state index in [1.807, 2.05) is 19.1 Å². The number of benzene rings is 1. The molecule has 2 fully saturated rings.